The van der Waals surface area contributed by atoms with E-state index in [9.17, 15) is 52.4 Å². The molecule has 0 aliphatic carbocycles. The molecule has 0 heterocycles. The van der Waals surface area contributed by atoms with Gasteiger partial charge in [-0.05, 0) is 11.5 Å². The number of nitrogens with zero attached hydrogens (tertiary/aromatic N) is 1. The van der Waals surface area contributed by atoms with Crippen molar-refractivity contribution in [2.24, 2.45) is 0 Å². The SMILES string of the molecule is [CH2]CN(F)S(=O)(=O)C(F)(F)C(F)(F)C(F)(F)C(F)(F)F. The Balaban J connectivity index is 6.08. The standard InChI is InChI=1S/C6H4F10NO2S/c1-2-17(16)20(18,19)6(14,15)4(9,10)3(7,8)5(11,12)13/h1-2H2. The van der Waals surface area contributed by atoms with Crippen LogP contribution < -0.4 is 0 Å². The van der Waals surface area contributed by atoms with Crippen molar-refractivity contribution in [1.82, 2.24) is 4.53 Å². The molecule has 0 spiro atoms. The highest BCUT2D eigenvalue weighted by Crippen LogP contribution is 2.55. The van der Waals surface area contributed by atoms with Crippen LogP contribution in [-0.4, -0.2) is 42.8 Å². The molecule has 0 fully saturated rings. The molecule has 0 aromatic carbocycles. The largest absolute Gasteiger partial charge is 0.460 e. The van der Waals surface area contributed by atoms with Gasteiger partial charge in [0.25, 0.3) is 0 Å². The minimum atomic E-state index is -7.45. The van der Waals surface area contributed by atoms with Crippen molar-refractivity contribution in [3.8, 4) is 0 Å². The second-order valence-electron chi connectivity index (χ2n) is 3.18. The predicted molar refractivity (Wildman–Crippen MR) is 43.0 cm³/mol. The summed E-state index contributed by atoms with van der Waals surface area (Å²) in [6.45, 7) is 0.584. The second-order valence-corrected chi connectivity index (χ2v) is 5.04. The zero-order chi connectivity index (χ0) is 16.8. The van der Waals surface area contributed by atoms with Gasteiger partial charge in [-0.25, -0.2) is 8.42 Å². The summed E-state index contributed by atoms with van der Waals surface area (Å²) in [4.78, 5) is 0. The molecule has 0 unspecified atom stereocenters. The van der Waals surface area contributed by atoms with E-state index in [1.165, 1.54) is 0 Å². The van der Waals surface area contributed by atoms with Gasteiger partial charge < -0.3 is 0 Å². The van der Waals surface area contributed by atoms with Crippen LogP contribution in [0.5, 0.6) is 0 Å². The van der Waals surface area contributed by atoms with Crippen LogP contribution in [-0.2, 0) is 10.0 Å². The minimum absolute atomic E-state index is 1.76. The fourth-order valence-electron chi connectivity index (χ4n) is 0.767. The molecule has 0 aromatic heterocycles. The van der Waals surface area contributed by atoms with Gasteiger partial charge in [0.05, 0.1) is 0 Å². The second kappa shape index (κ2) is 4.89. The maximum atomic E-state index is 12.8. The van der Waals surface area contributed by atoms with Gasteiger partial charge in [0.2, 0.25) is 0 Å². The summed E-state index contributed by atoms with van der Waals surface area (Å²) in [5.74, 6) is -14.9. The fraction of sp³-hybridized carbons (Fsp3) is 0.833. The summed E-state index contributed by atoms with van der Waals surface area (Å²) >= 11 is 0. The van der Waals surface area contributed by atoms with E-state index >= 15 is 0 Å². The molecule has 0 saturated heterocycles. The summed E-state index contributed by atoms with van der Waals surface area (Å²) < 4.78 is 142. The third-order valence-electron chi connectivity index (χ3n) is 1.88. The van der Waals surface area contributed by atoms with E-state index in [1.807, 2.05) is 0 Å². The van der Waals surface area contributed by atoms with E-state index in [4.69, 9.17) is 0 Å². The number of alkyl halides is 9. The third-order valence-corrected chi connectivity index (χ3v) is 3.48. The minimum Gasteiger partial charge on any atom is -0.203 e. The normalized spacial score (nSPS) is 15.8. The molecule has 121 valence electrons. The van der Waals surface area contributed by atoms with Crippen molar-refractivity contribution in [1.29, 1.82) is 0 Å². The first-order chi connectivity index (χ1) is 8.48. The van der Waals surface area contributed by atoms with Gasteiger partial charge in [-0.1, -0.05) is 0 Å². The first-order valence-corrected chi connectivity index (χ1v) is 5.60. The van der Waals surface area contributed by atoms with Crippen LogP contribution in [0.3, 0.4) is 0 Å². The van der Waals surface area contributed by atoms with Crippen molar-refractivity contribution in [3.63, 3.8) is 0 Å². The highest BCUT2D eigenvalue weighted by molar-refractivity contribution is 7.90. The van der Waals surface area contributed by atoms with Gasteiger partial charge in [-0.15, -0.1) is 4.48 Å². The van der Waals surface area contributed by atoms with E-state index < -0.39 is 44.4 Å². The highest BCUT2D eigenvalue weighted by atomic mass is 32.2. The van der Waals surface area contributed by atoms with Crippen LogP contribution in [0.15, 0.2) is 0 Å². The molecular formula is C6H4F10NO2S. The van der Waals surface area contributed by atoms with Crippen molar-refractivity contribution < 1.29 is 52.4 Å². The quantitative estimate of drug-likeness (QED) is 0.568. The maximum Gasteiger partial charge on any atom is 0.460 e. The molecular weight excluding hydrogens is 340 g/mol. The van der Waals surface area contributed by atoms with Gasteiger partial charge >= 0.3 is 33.3 Å². The monoisotopic (exact) mass is 344 g/mol. The summed E-state index contributed by atoms with van der Waals surface area (Å²) in [5, 5.41) is -7.06. The molecule has 0 aliphatic heterocycles. The number of sulfonamides is 1. The Morgan fingerprint density at radius 3 is 1.45 bits per heavy atom. The molecule has 0 N–H and O–H groups in total. The van der Waals surface area contributed by atoms with Crippen LogP contribution in [0, 0.1) is 6.92 Å². The lowest BCUT2D eigenvalue weighted by Gasteiger charge is -2.33. The Morgan fingerprint density at radius 1 is 0.850 bits per heavy atom. The molecule has 0 saturated carbocycles. The van der Waals surface area contributed by atoms with E-state index in [1.54, 1.807) is 0 Å². The fourth-order valence-corrected chi connectivity index (χ4v) is 1.71. The van der Waals surface area contributed by atoms with E-state index in [-0.39, 0.29) is 0 Å². The average Bonchev–Trinajstić information content (AvgIpc) is 2.25. The van der Waals surface area contributed by atoms with E-state index in [0.717, 1.165) is 0 Å². The van der Waals surface area contributed by atoms with Gasteiger partial charge in [0.15, 0.2) is 0 Å². The zero-order valence-electron chi connectivity index (χ0n) is 8.87. The smallest absolute Gasteiger partial charge is 0.203 e. The van der Waals surface area contributed by atoms with Gasteiger partial charge in [-0.2, -0.15) is 39.5 Å². The van der Waals surface area contributed by atoms with Crippen molar-refractivity contribution in [2.75, 3.05) is 6.54 Å². The van der Waals surface area contributed by atoms with Crippen LogP contribution in [0.4, 0.5) is 44.0 Å². The summed E-state index contributed by atoms with van der Waals surface area (Å²) in [6, 6.07) is 0. The maximum absolute atomic E-state index is 12.8. The van der Waals surface area contributed by atoms with E-state index in [0.29, 0.717) is 0 Å². The molecule has 3 nitrogen and oxygen atoms in total. The zero-order valence-corrected chi connectivity index (χ0v) is 9.68. The number of halogens is 10. The molecule has 20 heavy (non-hydrogen) atoms. The Labute approximate surface area is 105 Å². The molecule has 0 amide bonds. The van der Waals surface area contributed by atoms with Crippen molar-refractivity contribution in [2.45, 2.75) is 23.3 Å². The van der Waals surface area contributed by atoms with Gasteiger partial charge in [0, 0.05) is 6.54 Å². The molecule has 0 bridgehead atoms. The molecule has 14 heteroatoms. The summed E-state index contributed by atoms with van der Waals surface area (Å²) in [6.07, 6.45) is -7.19. The molecule has 0 aromatic rings. The predicted octanol–water partition coefficient (Wildman–Crippen LogP) is 2.76. The first-order valence-electron chi connectivity index (χ1n) is 4.16. The lowest BCUT2D eigenvalue weighted by Crippen LogP contribution is -2.64. The van der Waals surface area contributed by atoms with Crippen molar-refractivity contribution in [3.05, 3.63) is 6.92 Å². The number of rotatable bonds is 5. The average molecular weight is 344 g/mol. The third kappa shape index (κ3) is 2.42. The lowest BCUT2D eigenvalue weighted by molar-refractivity contribution is -0.382. The van der Waals surface area contributed by atoms with E-state index in [2.05, 4.69) is 6.92 Å². The first kappa shape index (κ1) is 19.2. The van der Waals surface area contributed by atoms with Crippen LogP contribution in [0.1, 0.15) is 0 Å². The van der Waals surface area contributed by atoms with Crippen LogP contribution in [0.25, 0.3) is 0 Å². The molecule has 1 radical (unpaired) electrons. The Morgan fingerprint density at radius 2 is 1.20 bits per heavy atom. The number of hydrogen-bond donors (Lipinski definition) is 0. The molecule has 0 atom stereocenters. The van der Waals surface area contributed by atoms with Crippen LogP contribution in [0.2, 0.25) is 0 Å². The summed E-state index contributed by atoms with van der Waals surface area (Å²) in [5.41, 5.74) is 0. The topological polar surface area (TPSA) is 37.4 Å². The highest BCUT2D eigenvalue weighted by Gasteiger charge is 2.86. The Bertz CT molecular complexity index is 455. The Hall–Kier alpha value is -0.790. The van der Waals surface area contributed by atoms with Crippen LogP contribution >= 0.6 is 0 Å². The number of hydrogen-bond acceptors (Lipinski definition) is 2. The van der Waals surface area contributed by atoms with Crippen molar-refractivity contribution >= 4 is 10.0 Å². The summed E-state index contributed by atoms with van der Waals surface area (Å²) in [7, 11) is -7.15. The Kier molecular flexibility index (Phi) is 4.70. The lowest BCUT2D eigenvalue weighted by atomic mass is 10.1. The molecule has 0 aliphatic rings. The molecule has 0 rings (SSSR count). The van der Waals surface area contributed by atoms with Gasteiger partial charge in [0.1, 0.15) is 0 Å². The van der Waals surface area contributed by atoms with Gasteiger partial charge in [-0.3, -0.25) is 0 Å².